The zero-order valence-corrected chi connectivity index (χ0v) is 12.5. The minimum Gasteiger partial charge on any atom is -0.399 e. The van der Waals surface area contributed by atoms with E-state index < -0.39 is 28.7 Å². The Morgan fingerprint density at radius 1 is 1.33 bits per heavy atom. The van der Waals surface area contributed by atoms with Gasteiger partial charge in [-0.2, -0.15) is 17.5 Å². The van der Waals surface area contributed by atoms with Gasteiger partial charge in [0.2, 0.25) is 10.0 Å². The average molecular weight is 343 g/mol. The van der Waals surface area contributed by atoms with Gasteiger partial charge in [0.15, 0.2) is 0 Å². The third-order valence-electron chi connectivity index (χ3n) is 3.42. The monoisotopic (exact) mass is 342 g/mol. The van der Waals surface area contributed by atoms with Gasteiger partial charge >= 0.3 is 6.18 Å². The highest BCUT2D eigenvalue weighted by molar-refractivity contribution is 7.89. The number of halogens is 4. The molecule has 2 rings (SSSR count). The first-order chi connectivity index (χ1) is 9.62. The molecule has 4 nitrogen and oxygen atoms in total. The molecule has 1 aliphatic heterocycles. The maximum atomic E-state index is 12.8. The molecule has 1 fully saturated rings. The van der Waals surface area contributed by atoms with Crippen molar-refractivity contribution in [3.63, 3.8) is 0 Å². The molecule has 0 amide bonds. The van der Waals surface area contributed by atoms with Crippen molar-refractivity contribution in [2.75, 3.05) is 18.8 Å². The van der Waals surface area contributed by atoms with Crippen molar-refractivity contribution in [2.45, 2.75) is 23.9 Å². The molecule has 1 heterocycles. The first kappa shape index (κ1) is 16.4. The molecule has 1 aliphatic rings. The normalized spacial score (nSPS) is 21.4. The van der Waals surface area contributed by atoms with Crippen molar-refractivity contribution in [2.24, 2.45) is 5.92 Å². The second-order valence-corrected chi connectivity index (χ2v) is 7.25. The van der Waals surface area contributed by atoms with Gasteiger partial charge in [-0.3, -0.25) is 0 Å². The molecule has 0 radical (unpaired) electrons. The van der Waals surface area contributed by atoms with E-state index in [0.717, 1.165) is 10.4 Å². The lowest BCUT2D eigenvalue weighted by molar-refractivity contribution is -0.182. The largest absolute Gasteiger partial charge is 0.399 e. The van der Waals surface area contributed by atoms with Gasteiger partial charge in [-0.1, -0.05) is 11.6 Å². The fraction of sp³-hybridized carbons (Fsp3) is 0.500. The Labute approximate surface area is 125 Å². The second kappa shape index (κ2) is 5.66. The topological polar surface area (TPSA) is 63.4 Å². The van der Waals surface area contributed by atoms with Gasteiger partial charge in [0.25, 0.3) is 0 Å². The number of sulfonamides is 1. The van der Waals surface area contributed by atoms with E-state index in [-0.39, 0.29) is 35.0 Å². The molecule has 9 heteroatoms. The summed E-state index contributed by atoms with van der Waals surface area (Å²) in [6.45, 7) is -0.545. The van der Waals surface area contributed by atoms with Gasteiger partial charge in [0.1, 0.15) is 4.90 Å². The lowest BCUT2D eigenvalue weighted by Gasteiger charge is -2.33. The average Bonchev–Trinajstić information content (AvgIpc) is 2.40. The van der Waals surface area contributed by atoms with Crippen LogP contribution in [0.25, 0.3) is 0 Å². The summed E-state index contributed by atoms with van der Waals surface area (Å²) in [5.74, 6) is -1.65. The van der Waals surface area contributed by atoms with Crippen LogP contribution in [0, 0.1) is 5.92 Å². The molecule has 0 aromatic heterocycles. The van der Waals surface area contributed by atoms with E-state index in [1.165, 1.54) is 12.1 Å². The van der Waals surface area contributed by atoms with E-state index >= 15 is 0 Å². The Morgan fingerprint density at radius 2 is 2.00 bits per heavy atom. The molecule has 0 spiro atoms. The molecular formula is C12H14ClF3N2O2S. The van der Waals surface area contributed by atoms with E-state index in [2.05, 4.69) is 0 Å². The van der Waals surface area contributed by atoms with Crippen LogP contribution in [0.2, 0.25) is 5.02 Å². The highest BCUT2D eigenvalue weighted by atomic mass is 35.5. The van der Waals surface area contributed by atoms with Gasteiger partial charge in [-0.15, -0.1) is 0 Å². The van der Waals surface area contributed by atoms with Crippen LogP contribution in [0.4, 0.5) is 18.9 Å². The first-order valence-electron chi connectivity index (χ1n) is 6.24. The Balaban J connectivity index is 2.33. The van der Waals surface area contributed by atoms with Crippen LogP contribution in [-0.4, -0.2) is 32.0 Å². The van der Waals surface area contributed by atoms with Crippen molar-refractivity contribution < 1.29 is 21.6 Å². The molecule has 1 saturated heterocycles. The number of piperidine rings is 1. The minimum absolute atomic E-state index is 0.0417. The smallest absolute Gasteiger partial charge is 0.393 e. The lowest BCUT2D eigenvalue weighted by Crippen LogP contribution is -2.44. The van der Waals surface area contributed by atoms with Crippen LogP contribution in [0.15, 0.2) is 23.1 Å². The number of hydrogen-bond acceptors (Lipinski definition) is 3. The summed E-state index contributed by atoms with van der Waals surface area (Å²) < 4.78 is 64.1. The second-order valence-electron chi connectivity index (χ2n) is 4.93. The van der Waals surface area contributed by atoms with Crippen LogP contribution in [0.1, 0.15) is 12.8 Å². The minimum atomic E-state index is -4.41. The summed E-state index contributed by atoms with van der Waals surface area (Å²) >= 11 is 5.84. The van der Waals surface area contributed by atoms with Gasteiger partial charge in [0, 0.05) is 18.8 Å². The van der Waals surface area contributed by atoms with Crippen molar-refractivity contribution in [1.29, 1.82) is 0 Å². The summed E-state index contributed by atoms with van der Waals surface area (Å²) in [5, 5.41) is -0.0571. The Kier molecular flexibility index (Phi) is 4.41. The summed E-state index contributed by atoms with van der Waals surface area (Å²) in [6, 6.07) is 3.90. The summed E-state index contributed by atoms with van der Waals surface area (Å²) in [4.78, 5) is -0.257. The summed E-state index contributed by atoms with van der Waals surface area (Å²) in [6.07, 6.45) is -4.32. The Hall–Kier alpha value is -0.990. The van der Waals surface area contributed by atoms with Gasteiger partial charge in [-0.05, 0) is 31.0 Å². The molecule has 1 aromatic rings. The van der Waals surface area contributed by atoms with E-state index in [4.69, 9.17) is 17.3 Å². The predicted molar refractivity (Wildman–Crippen MR) is 73.4 cm³/mol. The van der Waals surface area contributed by atoms with Gasteiger partial charge in [0.05, 0.1) is 10.9 Å². The van der Waals surface area contributed by atoms with E-state index in [1.54, 1.807) is 0 Å². The molecule has 1 aromatic carbocycles. The number of anilines is 1. The molecule has 1 atom stereocenters. The number of rotatable bonds is 2. The lowest BCUT2D eigenvalue weighted by atomic mass is 9.99. The first-order valence-corrected chi connectivity index (χ1v) is 8.06. The molecule has 1 unspecified atom stereocenters. The SMILES string of the molecule is Nc1ccc(Cl)c(S(=O)(=O)N2CCCC(C(F)(F)F)C2)c1. The fourth-order valence-corrected chi connectivity index (χ4v) is 4.32. The summed E-state index contributed by atoms with van der Waals surface area (Å²) in [7, 11) is -4.09. The molecule has 0 bridgehead atoms. The van der Waals surface area contributed by atoms with E-state index in [9.17, 15) is 21.6 Å². The zero-order valence-electron chi connectivity index (χ0n) is 10.9. The van der Waals surface area contributed by atoms with Gasteiger partial charge in [-0.25, -0.2) is 8.42 Å². The number of nitrogens with two attached hydrogens (primary N) is 1. The summed E-state index contributed by atoms with van der Waals surface area (Å²) in [5.41, 5.74) is 5.71. The molecule has 0 saturated carbocycles. The van der Waals surface area contributed by atoms with Crippen LogP contribution in [0.3, 0.4) is 0 Å². The number of hydrogen-bond donors (Lipinski definition) is 1. The maximum absolute atomic E-state index is 12.8. The Bertz CT molecular complexity index is 634. The molecule has 0 aliphatic carbocycles. The highest BCUT2D eigenvalue weighted by Crippen LogP contribution is 2.36. The number of alkyl halides is 3. The van der Waals surface area contributed by atoms with Crippen LogP contribution < -0.4 is 5.73 Å². The quantitative estimate of drug-likeness (QED) is 0.840. The van der Waals surface area contributed by atoms with Crippen LogP contribution >= 0.6 is 11.6 Å². The maximum Gasteiger partial charge on any atom is 0.393 e. The van der Waals surface area contributed by atoms with E-state index in [0.29, 0.717) is 0 Å². The van der Waals surface area contributed by atoms with E-state index in [1.807, 2.05) is 0 Å². The fourth-order valence-electron chi connectivity index (χ4n) is 2.28. The third-order valence-corrected chi connectivity index (χ3v) is 5.77. The van der Waals surface area contributed by atoms with Gasteiger partial charge < -0.3 is 5.73 Å². The van der Waals surface area contributed by atoms with Crippen LogP contribution in [0.5, 0.6) is 0 Å². The van der Waals surface area contributed by atoms with Crippen molar-refractivity contribution in [1.82, 2.24) is 4.31 Å². The molecule has 118 valence electrons. The standard InChI is InChI=1S/C12H14ClF3N2O2S/c13-10-4-3-9(17)6-11(10)21(19,20)18-5-1-2-8(7-18)12(14,15)16/h3-4,6,8H,1-2,5,7,17H2. The molecular weight excluding hydrogens is 329 g/mol. The van der Waals surface area contributed by atoms with Crippen molar-refractivity contribution in [3.8, 4) is 0 Å². The highest BCUT2D eigenvalue weighted by Gasteiger charge is 2.44. The molecule has 21 heavy (non-hydrogen) atoms. The molecule has 2 N–H and O–H groups in total. The number of nitrogen functional groups attached to an aromatic ring is 1. The van der Waals surface area contributed by atoms with Crippen molar-refractivity contribution in [3.05, 3.63) is 23.2 Å². The number of benzene rings is 1. The zero-order chi connectivity index (χ0) is 15.8. The third kappa shape index (κ3) is 3.44. The van der Waals surface area contributed by atoms with Crippen molar-refractivity contribution >= 4 is 27.3 Å². The van der Waals surface area contributed by atoms with Crippen LogP contribution in [-0.2, 0) is 10.0 Å². The predicted octanol–water partition coefficient (Wildman–Crippen LogP) is 2.89. The number of nitrogens with zero attached hydrogens (tertiary/aromatic N) is 1. The Morgan fingerprint density at radius 3 is 2.62 bits per heavy atom.